The van der Waals surface area contributed by atoms with Gasteiger partial charge in [0.25, 0.3) is 5.91 Å². The van der Waals surface area contributed by atoms with Crippen molar-refractivity contribution in [2.24, 2.45) is 0 Å². The van der Waals surface area contributed by atoms with E-state index in [0.717, 1.165) is 23.3 Å². The fourth-order valence-electron chi connectivity index (χ4n) is 4.32. The molecule has 0 saturated heterocycles. The predicted octanol–water partition coefficient (Wildman–Crippen LogP) is 4.12. The second-order valence-electron chi connectivity index (χ2n) is 9.22. The van der Waals surface area contributed by atoms with Crippen molar-refractivity contribution in [3.63, 3.8) is 0 Å². The number of benzene rings is 1. The Morgan fingerprint density at radius 2 is 2.22 bits per heavy atom. The predicted molar refractivity (Wildman–Crippen MR) is 139 cm³/mol. The number of fused-ring (bicyclic) bond motifs is 1. The summed E-state index contributed by atoms with van der Waals surface area (Å²) in [5.74, 6) is 0.313. The fourth-order valence-corrected chi connectivity index (χ4v) is 4.32. The molecule has 1 amide bonds. The van der Waals surface area contributed by atoms with Crippen LogP contribution in [0.25, 0.3) is 5.65 Å². The molecular formula is C28H31N5O3. The number of nitrogens with one attached hydrogen (secondary N) is 1. The van der Waals surface area contributed by atoms with Gasteiger partial charge < -0.3 is 25.3 Å². The second-order valence-corrected chi connectivity index (χ2v) is 9.22. The SMILES string of the molecule is CC(C)Oc1ccc(C(=O)N[C@H](CCO)CC2=CCC(c3cn4cccc(N)c4n3)C=C2)cc1C#N. The number of anilines is 1. The van der Waals surface area contributed by atoms with Gasteiger partial charge in [-0.05, 0) is 63.4 Å². The second kappa shape index (κ2) is 11.1. The Bertz CT molecular complexity index is 1350. The first-order valence-electron chi connectivity index (χ1n) is 12.1. The van der Waals surface area contributed by atoms with Gasteiger partial charge in [-0.15, -0.1) is 0 Å². The minimum absolute atomic E-state index is 0.0438. The number of aliphatic hydroxyl groups is 1. The molecule has 1 aliphatic carbocycles. The van der Waals surface area contributed by atoms with E-state index >= 15 is 0 Å². The van der Waals surface area contributed by atoms with Crippen molar-refractivity contribution >= 4 is 17.2 Å². The van der Waals surface area contributed by atoms with Crippen molar-refractivity contribution in [3.05, 3.63) is 83.3 Å². The highest BCUT2D eigenvalue weighted by molar-refractivity contribution is 5.95. The van der Waals surface area contributed by atoms with Crippen LogP contribution < -0.4 is 15.8 Å². The third kappa shape index (κ3) is 5.75. The van der Waals surface area contributed by atoms with Crippen LogP contribution in [0.3, 0.4) is 0 Å². The molecule has 4 N–H and O–H groups in total. The minimum atomic E-state index is -0.290. The Labute approximate surface area is 210 Å². The molecule has 0 spiro atoms. The number of hydrogen-bond acceptors (Lipinski definition) is 6. The molecule has 8 nitrogen and oxygen atoms in total. The minimum Gasteiger partial charge on any atom is -0.490 e. The molecule has 0 radical (unpaired) electrons. The van der Waals surface area contributed by atoms with Crippen LogP contribution in [0, 0.1) is 11.3 Å². The van der Waals surface area contributed by atoms with E-state index in [-0.39, 0.29) is 30.6 Å². The fraction of sp³-hybridized carbons (Fsp3) is 0.321. The van der Waals surface area contributed by atoms with Crippen molar-refractivity contribution < 1.29 is 14.6 Å². The van der Waals surface area contributed by atoms with Gasteiger partial charge >= 0.3 is 0 Å². The van der Waals surface area contributed by atoms with Gasteiger partial charge in [0.05, 0.1) is 23.0 Å². The van der Waals surface area contributed by atoms with Gasteiger partial charge in [0.1, 0.15) is 11.8 Å². The topological polar surface area (TPSA) is 126 Å². The first kappa shape index (κ1) is 25.0. The first-order valence-corrected chi connectivity index (χ1v) is 12.1. The molecule has 0 fully saturated rings. The summed E-state index contributed by atoms with van der Waals surface area (Å²) < 4.78 is 7.57. The van der Waals surface area contributed by atoms with Crippen LogP contribution in [0.2, 0.25) is 0 Å². The lowest BCUT2D eigenvalue weighted by Gasteiger charge is -2.21. The van der Waals surface area contributed by atoms with Crippen molar-refractivity contribution in [2.45, 2.75) is 51.2 Å². The maximum Gasteiger partial charge on any atom is 0.251 e. The van der Waals surface area contributed by atoms with Crippen LogP contribution >= 0.6 is 0 Å². The van der Waals surface area contributed by atoms with Gasteiger partial charge in [0.2, 0.25) is 0 Å². The summed E-state index contributed by atoms with van der Waals surface area (Å²) >= 11 is 0. The van der Waals surface area contributed by atoms with Crippen molar-refractivity contribution in [1.29, 1.82) is 5.26 Å². The van der Waals surface area contributed by atoms with E-state index in [1.54, 1.807) is 12.1 Å². The standard InChI is InChI=1S/C28H31N5O3/c1-18(2)36-26-10-9-21(15-22(26)16-29)28(35)31-23(11-13-34)14-19-5-7-20(8-6-19)25-17-33-12-3-4-24(30)27(33)32-25/h3-7,9-10,12,15,17-18,20,23,34H,8,11,13-14,30H2,1-2H3,(H,31,35)/t20?,23-/m1/s1. The Balaban J connectivity index is 1.41. The van der Waals surface area contributed by atoms with Crippen LogP contribution in [0.15, 0.2) is 66.5 Å². The molecule has 8 heteroatoms. The number of ether oxygens (including phenoxy) is 1. The average molecular weight is 486 g/mol. The Kier molecular flexibility index (Phi) is 7.71. The summed E-state index contributed by atoms with van der Waals surface area (Å²) in [6, 6.07) is 10.4. The van der Waals surface area contributed by atoms with Gasteiger partial charge in [-0.2, -0.15) is 5.26 Å². The number of rotatable bonds is 9. The summed E-state index contributed by atoms with van der Waals surface area (Å²) in [5.41, 5.74) is 10.2. The van der Waals surface area contributed by atoms with Crippen molar-refractivity contribution in [2.75, 3.05) is 12.3 Å². The summed E-state index contributed by atoms with van der Waals surface area (Å²) in [6.07, 6.45) is 12.0. The maximum atomic E-state index is 12.9. The molecule has 2 atom stereocenters. The number of nitrogens with two attached hydrogens (primary N) is 1. The number of aromatic nitrogens is 2. The molecule has 4 rings (SSSR count). The maximum absolute atomic E-state index is 12.9. The van der Waals surface area contributed by atoms with E-state index in [9.17, 15) is 15.2 Å². The summed E-state index contributed by atoms with van der Waals surface area (Å²) in [6.45, 7) is 3.72. The molecule has 2 aromatic heterocycles. The number of imidazole rings is 1. The van der Waals surface area contributed by atoms with Crippen LogP contribution in [0.5, 0.6) is 5.75 Å². The highest BCUT2D eigenvalue weighted by atomic mass is 16.5. The van der Waals surface area contributed by atoms with Crippen molar-refractivity contribution in [3.8, 4) is 11.8 Å². The summed E-state index contributed by atoms with van der Waals surface area (Å²) in [5, 5.41) is 22.0. The van der Waals surface area contributed by atoms with Crippen molar-refractivity contribution in [1.82, 2.24) is 14.7 Å². The van der Waals surface area contributed by atoms with Gasteiger partial charge in [0, 0.05) is 36.5 Å². The van der Waals surface area contributed by atoms with E-state index in [1.807, 2.05) is 42.8 Å². The normalized spacial score (nSPS) is 16.0. The number of nitrogens with zero attached hydrogens (tertiary/aromatic N) is 3. The molecule has 2 heterocycles. The zero-order valence-electron chi connectivity index (χ0n) is 20.5. The van der Waals surface area contributed by atoms with Crippen LogP contribution in [-0.2, 0) is 0 Å². The van der Waals surface area contributed by atoms with E-state index in [4.69, 9.17) is 15.5 Å². The van der Waals surface area contributed by atoms with Gasteiger partial charge in [0.15, 0.2) is 5.65 Å². The monoisotopic (exact) mass is 485 g/mol. The average Bonchev–Trinajstić information content (AvgIpc) is 3.30. The smallest absolute Gasteiger partial charge is 0.251 e. The first-order chi connectivity index (χ1) is 17.4. The molecular weight excluding hydrogens is 454 g/mol. The third-order valence-electron chi connectivity index (χ3n) is 6.11. The number of allylic oxidation sites excluding steroid dienone is 3. The molecule has 1 aliphatic rings. The van der Waals surface area contributed by atoms with Crippen LogP contribution in [-0.4, -0.2) is 39.2 Å². The lowest BCUT2D eigenvalue weighted by Crippen LogP contribution is -2.36. The third-order valence-corrected chi connectivity index (χ3v) is 6.11. The quantitative estimate of drug-likeness (QED) is 0.419. The Morgan fingerprint density at radius 3 is 2.89 bits per heavy atom. The van der Waals surface area contributed by atoms with Crippen LogP contribution in [0.4, 0.5) is 5.69 Å². The molecule has 1 aromatic carbocycles. The molecule has 36 heavy (non-hydrogen) atoms. The number of pyridine rings is 1. The van der Waals surface area contributed by atoms with E-state index < -0.39 is 0 Å². The molecule has 186 valence electrons. The zero-order valence-corrected chi connectivity index (χ0v) is 20.5. The highest BCUT2D eigenvalue weighted by Gasteiger charge is 2.20. The van der Waals surface area contributed by atoms with E-state index in [0.29, 0.717) is 35.4 Å². The number of nitriles is 1. The summed E-state index contributed by atoms with van der Waals surface area (Å²) in [7, 11) is 0. The highest BCUT2D eigenvalue weighted by Crippen LogP contribution is 2.29. The molecule has 0 saturated carbocycles. The number of carbonyl (C=O) groups excluding carboxylic acids is 1. The van der Waals surface area contributed by atoms with Gasteiger partial charge in [-0.3, -0.25) is 4.79 Å². The van der Waals surface area contributed by atoms with Gasteiger partial charge in [-0.1, -0.05) is 23.8 Å². The molecule has 1 unspecified atom stereocenters. The zero-order chi connectivity index (χ0) is 25.7. The largest absolute Gasteiger partial charge is 0.490 e. The molecule has 0 aliphatic heterocycles. The Morgan fingerprint density at radius 1 is 1.39 bits per heavy atom. The number of hydrogen-bond donors (Lipinski definition) is 3. The van der Waals surface area contributed by atoms with E-state index in [2.05, 4.69) is 29.6 Å². The lowest BCUT2D eigenvalue weighted by atomic mass is 9.91. The number of aliphatic hydroxyl groups excluding tert-OH is 1. The molecule has 0 bridgehead atoms. The Hall–Kier alpha value is -4.09. The molecule has 3 aromatic rings. The number of nitrogen functional groups attached to an aromatic ring is 1. The number of carbonyl (C=O) groups is 1. The lowest BCUT2D eigenvalue weighted by molar-refractivity contribution is 0.0930. The number of amides is 1. The summed E-state index contributed by atoms with van der Waals surface area (Å²) in [4.78, 5) is 17.6. The van der Waals surface area contributed by atoms with Crippen LogP contribution in [0.1, 0.15) is 60.6 Å². The van der Waals surface area contributed by atoms with E-state index in [1.165, 1.54) is 6.07 Å². The van der Waals surface area contributed by atoms with Gasteiger partial charge in [-0.25, -0.2) is 4.98 Å².